The van der Waals surface area contributed by atoms with Gasteiger partial charge >= 0.3 is 0 Å². The maximum Gasteiger partial charge on any atom is 0.233 e. The van der Waals surface area contributed by atoms with Crippen LogP contribution in [0.2, 0.25) is 0 Å². The SMILES string of the molecule is COc1ccc2c(c1)C(N1CCN(CCC(C)(C)c3nn[nH]n3)CC1)=Nc1ccccc1O2.COc1ccc2c(c1)C(N1CCN(CCCC(=O)NS(C)(=O)=O)CC1)=Nc1ccccc1O2.COc1ccc2c(c1)C(N1CCN(CCCc3nn[nH]n3)CC1)=Nc1ccccc1O2. The molecule has 0 radical (unpaired) electrons. The summed E-state index contributed by atoms with van der Waals surface area (Å²) in [5.74, 6) is 10.7. The van der Waals surface area contributed by atoms with E-state index >= 15 is 0 Å². The second-order valence-electron chi connectivity index (χ2n) is 24.8. The molecule has 14 rings (SSSR count). The number of carbonyl (C=O) groups excluding carboxylic acids is 1. The van der Waals surface area contributed by atoms with Gasteiger partial charge in [0, 0.05) is 96.8 Å². The van der Waals surface area contributed by atoms with Crippen molar-refractivity contribution >= 4 is 50.5 Å². The first-order chi connectivity index (χ1) is 47.1. The van der Waals surface area contributed by atoms with Gasteiger partial charge in [-0.25, -0.2) is 23.4 Å². The monoisotopic (exact) mass is 1340 g/mol. The summed E-state index contributed by atoms with van der Waals surface area (Å²) in [7, 11) is 1.49. The maximum atomic E-state index is 11.7. The number of ether oxygens (including phenoxy) is 6. The van der Waals surface area contributed by atoms with Crippen LogP contribution in [0, 0.1) is 0 Å². The molecular formula is C69H82N18O9S. The zero-order chi connectivity index (χ0) is 67.3. The number of amidine groups is 3. The Balaban J connectivity index is 0.000000139. The molecule has 6 aliphatic rings. The number of nitrogens with zero attached hydrogens (tertiary/aromatic N) is 15. The Kier molecular flexibility index (Phi) is 21.3. The van der Waals surface area contributed by atoms with Gasteiger partial charge in [0.1, 0.15) is 69.1 Å². The van der Waals surface area contributed by atoms with E-state index in [1.54, 1.807) is 21.3 Å². The van der Waals surface area contributed by atoms with E-state index < -0.39 is 15.9 Å². The summed E-state index contributed by atoms with van der Waals surface area (Å²) in [4.78, 5) is 40.9. The van der Waals surface area contributed by atoms with Gasteiger partial charge in [-0.1, -0.05) is 60.7 Å². The van der Waals surface area contributed by atoms with Crippen LogP contribution in [-0.2, 0) is 26.7 Å². The number of benzene rings is 6. The zero-order valence-corrected chi connectivity index (χ0v) is 56.4. The number of fused-ring (bicyclic) bond motifs is 6. The maximum absolute atomic E-state index is 11.7. The summed E-state index contributed by atoms with van der Waals surface area (Å²) in [5, 5.41) is 28.8. The number of aromatic amines is 2. The van der Waals surface area contributed by atoms with E-state index in [9.17, 15) is 13.2 Å². The fraction of sp³-hybridized carbons (Fsp3) is 0.391. The summed E-state index contributed by atoms with van der Waals surface area (Å²) in [6, 6.07) is 41.1. The molecule has 0 atom stereocenters. The quantitative estimate of drug-likeness (QED) is 0.0818. The number of piperazine rings is 3. The summed E-state index contributed by atoms with van der Waals surface area (Å²) >= 11 is 0. The minimum absolute atomic E-state index is 0.119. The van der Waals surface area contributed by atoms with Crippen molar-refractivity contribution in [3.8, 4) is 51.7 Å². The summed E-state index contributed by atoms with van der Waals surface area (Å²) < 4.78 is 59.3. The Labute approximate surface area is 564 Å². The van der Waals surface area contributed by atoms with Gasteiger partial charge in [0.05, 0.1) is 44.3 Å². The van der Waals surface area contributed by atoms with Crippen LogP contribution in [0.5, 0.6) is 51.7 Å². The third-order valence-electron chi connectivity index (χ3n) is 17.7. The lowest BCUT2D eigenvalue weighted by molar-refractivity contribution is -0.119. The third kappa shape index (κ3) is 17.0. The lowest BCUT2D eigenvalue weighted by Gasteiger charge is -2.37. The van der Waals surface area contributed by atoms with Gasteiger partial charge in [-0.3, -0.25) is 24.2 Å². The van der Waals surface area contributed by atoms with Crippen molar-refractivity contribution < 1.29 is 41.6 Å². The lowest BCUT2D eigenvalue weighted by atomic mass is 9.88. The predicted octanol–water partition coefficient (Wildman–Crippen LogP) is 8.37. The Morgan fingerprint density at radius 2 is 0.897 bits per heavy atom. The van der Waals surface area contributed by atoms with Crippen molar-refractivity contribution in [3.05, 3.63) is 156 Å². The molecule has 3 saturated heterocycles. The molecule has 0 aliphatic carbocycles. The van der Waals surface area contributed by atoms with E-state index in [0.29, 0.717) is 12.2 Å². The van der Waals surface area contributed by atoms with E-state index in [-0.39, 0.29) is 11.8 Å². The highest BCUT2D eigenvalue weighted by Gasteiger charge is 2.32. The molecular weight excluding hydrogens is 1260 g/mol. The van der Waals surface area contributed by atoms with E-state index in [1.165, 1.54) is 0 Å². The molecule has 6 aliphatic heterocycles. The topological polar surface area (TPSA) is 284 Å². The molecule has 508 valence electrons. The number of tetrazole rings is 2. The fourth-order valence-electron chi connectivity index (χ4n) is 12.2. The molecule has 2 aromatic heterocycles. The van der Waals surface area contributed by atoms with Gasteiger partial charge in [-0.2, -0.15) is 10.4 Å². The number of amides is 1. The number of hydrogen-bond donors (Lipinski definition) is 3. The molecule has 28 heteroatoms. The largest absolute Gasteiger partial charge is 0.497 e. The Hall–Kier alpha value is -10.0. The Morgan fingerprint density at radius 3 is 1.28 bits per heavy atom. The number of H-pyrrole nitrogens is 2. The highest BCUT2D eigenvalue weighted by molar-refractivity contribution is 7.89. The van der Waals surface area contributed by atoms with E-state index in [2.05, 4.69) is 84.5 Å². The van der Waals surface area contributed by atoms with Gasteiger partial charge in [-0.15, -0.1) is 20.4 Å². The minimum atomic E-state index is -3.50. The summed E-state index contributed by atoms with van der Waals surface area (Å²) in [6.07, 6.45) is 4.59. The first kappa shape index (κ1) is 67.0. The summed E-state index contributed by atoms with van der Waals surface area (Å²) in [5.41, 5.74) is 5.14. The number of hydrogen-bond acceptors (Lipinski definition) is 24. The van der Waals surface area contributed by atoms with Crippen molar-refractivity contribution in [2.45, 2.75) is 51.4 Å². The fourth-order valence-corrected chi connectivity index (χ4v) is 12.7. The molecule has 3 N–H and O–H groups in total. The number of methoxy groups -OCH3 is 3. The molecule has 1 amide bonds. The highest BCUT2D eigenvalue weighted by atomic mass is 32.2. The van der Waals surface area contributed by atoms with Gasteiger partial charge in [-0.05, 0) is 130 Å². The van der Waals surface area contributed by atoms with Gasteiger partial charge < -0.3 is 43.1 Å². The van der Waals surface area contributed by atoms with Crippen LogP contribution in [0.4, 0.5) is 17.1 Å². The second-order valence-corrected chi connectivity index (χ2v) is 26.5. The average molecular weight is 1340 g/mol. The van der Waals surface area contributed by atoms with E-state index in [0.717, 1.165) is 233 Å². The Morgan fingerprint density at radius 1 is 0.505 bits per heavy atom. The molecule has 0 saturated carbocycles. The minimum Gasteiger partial charge on any atom is -0.497 e. The molecule has 3 fully saturated rings. The molecule has 0 bridgehead atoms. The number of para-hydroxylation sites is 6. The van der Waals surface area contributed by atoms with Crippen molar-refractivity contribution in [2.75, 3.05) is 126 Å². The van der Waals surface area contributed by atoms with Crippen molar-refractivity contribution in [2.24, 2.45) is 15.0 Å². The van der Waals surface area contributed by atoms with Crippen LogP contribution in [0.1, 0.15) is 67.9 Å². The second kappa shape index (κ2) is 30.8. The first-order valence-electron chi connectivity index (χ1n) is 32.7. The molecule has 0 unspecified atom stereocenters. The van der Waals surface area contributed by atoms with Crippen molar-refractivity contribution in [1.29, 1.82) is 0 Å². The lowest BCUT2D eigenvalue weighted by Crippen LogP contribution is -2.49. The molecule has 6 aromatic carbocycles. The first-order valence-corrected chi connectivity index (χ1v) is 34.6. The number of carbonyl (C=O) groups is 1. The highest BCUT2D eigenvalue weighted by Crippen LogP contribution is 2.43. The number of aliphatic imine (C=N–C) groups is 3. The van der Waals surface area contributed by atoms with Crippen LogP contribution in [0.3, 0.4) is 0 Å². The van der Waals surface area contributed by atoms with Crippen molar-refractivity contribution in [1.82, 2.24) is 75.4 Å². The van der Waals surface area contributed by atoms with Crippen LogP contribution in [0.25, 0.3) is 0 Å². The van der Waals surface area contributed by atoms with Gasteiger partial charge in [0.2, 0.25) is 15.9 Å². The standard InChI is InChI=1S/C24H29N7O2.C23H28N4O5S.C22H25N7O2/c1-24(2,23-26-28-29-27-23)10-11-30-12-14-31(15-13-30)22-18-16-17(32-3)8-9-20(18)33-21-7-5-4-6-19(21)25-22;1-31-17-9-10-20-18(16-17)23(24-19-6-3-4-7-21(19)32-20)27-14-12-26(13-15-27)11-5-8-22(28)25-33(2,29)30;1-30-16-8-9-19-17(15-16)22(23-18-5-2-3-6-20(18)31-19)29-13-11-28(12-14-29)10-4-7-21-24-26-27-25-21/h4-9,16H,10-15H2,1-3H3,(H,26,27,28,29);3-4,6-7,9-10,16H,5,8,11-15H2,1-2H3,(H,25,28);2-3,5-6,8-9,15H,4,7,10-14H2,1H3,(H,24,25,26,27). The van der Waals surface area contributed by atoms with Crippen LogP contribution < -0.4 is 33.1 Å². The number of sulfonamides is 1. The predicted molar refractivity (Wildman–Crippen MR) is 368 cm³/mol. The molecule has 0 spiro atoms. The van der Waals surface area contributed by atoms with Crippen LogP contribution >= 0.6 is 0 Å². The molecule has 8 aromatic rings. The molecule has 27 nitrogen and oxygen atoms in total. The third-order valence-corrected chi connectivity index (χ3v) is 18.3. The van der Waals surface area contributed by atoms with Crippen LogP contribution in [-0.4, -0.2) is 228 Å². The normalized spacial score (nSPS) is 16.1. The van der Waals surface area contributed by atoms with Gasteiger partial charge in [0.25, 0.3) is 0 Å². The average Bonchev–Trinajstić information content (AvgIpc) is 1.69. The van der Waals surface area contributed by atoms with Crippen LogP contribution in [0.15, 0.2) is 142 Å². The van der Waals surface area contributed by atoms with E-state index in [4.69, 9.17) is 43.4 Å². The number of aryl methyl sites for hydroxylation is 1. The Bertz CT molecular complexity index is 4200. The number of aromatic nitrogens is 8. The van der Waals surface area contributed by atoms with Gasteiger partial charge in [0.15, 0.2) is 28.9 Å². The number of nitrogens with one attached hydrogen (secondary N) is 3. The molecule has 97 heavy (non-hydrogen) atoms. The molecule has 8 heterocycles. The smallest absolute Gasteiger partial charge is 0.233 e. The zero-order valence-electron chi connectivity index (χ0n) is 55.6. The van der Waals surface area contributed by atoms with Crippen molar-refractivity contribution in [3.63, 3.8) is 0 Å². The number of rotatable bonds is 16. The van der Waals surface area contributed by atoms with E-state index in [1.807, 2.05) is 132 Å². The summed E-state index contributed by atoms with van der Waals surface area (Å²) in [6.45, 7) is 17.7.